The first-order valence-corrected chi connectivity index (χ1v) is 8.82. The molecular weight excluding hydrogens is 292 g/mol. The first-order chi connectivity index (χ1) is 9.89. The van der Waals surface area contributed by atoms with Gasteiger partial charge in [0.25, 0.3) is 5.91 Å². The van der Waals surface area contributed by atoms with Gasteiger partial charge in [-0.25, -0.2) is 13.6 Å². The molecule has 3 N–H and O–H groups in total. The van der Waals surface area contributed by atoms with Crippen LogP contribution >= 0.6 is 0 Å². The average molecular weight is 312 g/mol. The molecule has 0 radical (unpaired) electrons. The Morgan fingerprint density at radius 2 is 1.90 bits per heavy atom. The van der Waals surface area contributed by atoms with E-state index in [0.717, 1.165) is 38.5 Å². The van der Waals surface area contributed by atoms with Crippen molar-refractivity contribution in [2.24, 2.45) is 5.14 Å². The Bertz CT molecular complexity index is 657. The van der Waals surface area contributed by atoms with Gasteiger partial charge in [-0.15, -0.1) is 0 Å². The topological polar surface area (TPSA) is 109 Å². The quantitative estimate of drug-likeness (QED) is 0.862. The van der Waals surface area contributed by atoms with Crippen molar-refractivity contribution in [3.63, 3.8) is 0 Å². The fourth-order valence-electron chi connectivity index (χ4n) is 3.05. The number of nitrogens with two attached hydrogens (primary N) is 1. The second-order valence-electron chi connectivity index (χ2n) is 5.99. The molecule has 1 aromatic heterocycles. The monoisotopic (exact) mass is 312 g/mol. The summed E-state index contributed by atoms with van der Waals surface area (Å²) in [6.07, 6.45) is 5.89. The third-order valence-corrected chi connectivity index (χ3v) is 5.40. The molecule has 0 aromatic carbocycles. The van der Waals surface area contributed by atoms with Crippen molar-refractivity contribution < 1.29 is 13.2 Å². The lowest BCUT2D eigenvalue weighted by atomic mass is 10.2. The number of nitrogens with one attached hydrogen (secondary N) is 1. The number of rotatable bonds is 4. The molecule has 0 spiro atoms. The van der Waals surface area contributed by atoms with Gasteiger partial charge in [0.05, 0.1) is 5.69 Å². The molecule has 1 aromatic rings. The highest BCUT2D eigenvalue weighted by molar-refractivity contribution is 7.89. The fraction of sp³-hybridized carbons (Fsp3) is 0.692. The number of aromatic nitrogens is 2. The van der Waals surface area contributed by atoms with Crippen LogP contribution in [0.1, 0.15) is 60.6 Å². The molecule has 1 heterocycles. The Balaban J connectivity index is 1.96. The number of hydrogen-bond acceptors (Lipinski definition) is 4. The van der Waals surface area contributed by atoms with E-state index in [4.69, 9.17) is 5.14 Å². The molecule has 0 unspecified atom stereocenters. The largest absolute Gasteiger partial charge is 0.337 e. The number of primary sulfonamides is 1. The summed E-state index contributed by atoms with van der Waals surface area (Å²) in [5, 5.41) is 12.0. The summed E-state index contributed by atoms with van der Waals surface area (Å²) in [6.45, 7) is 0. The van der Waals surface area contributed by atoms with Crippen molar-refractivity contribution in [3.8, 4) is 0 Å². The van der Waals surface area contributed by atoms with Gasteiger partial charge < -0.3 is 4.90 Å². The number of hydrogen-bond donors (Lipinski definition) is 2. The van der Waals surface area contributed by atoms with Crippen molar-refractivity contribution in [2.75, 3.05) is 7.05 Å². The van der Waals surface area contributed by atoms with Crippen LogP contribution in [-0.4, -0.2) is 42.5 Å². The molecule has 8 heteroatoms. The van der Waals surface area contributed by atoms with Crippen LogP contribution in [0, 0.1) is 0 Å². The summed E-state index contributed by atoms with van der Waals surface area (Å²) in [4.78, 5) is 14.1. The van der Waals surface area contributed by atoms with Crippen molar-refractivity contribution >= 4 is 15.9 Å². The summed E-state index contributed by atoms with van der Waals surface area (Å²) in [6, 6.07) is 0.159. The zero-order valence-electron chi connectivity index (χ0n) is 12.0. The lowest BCUT2D eigenvalue weighted by Crippen LogP contribution is -2.36. The molecule has 0 saturated heterocycles. The highest BCUT2D eigenvalue weighted by atomic mass is 32.2. The third kappa shape index (κ3) is 2.69. The van der Waals surface area contributed by atoms with Gasteiger partial charge in [0.2, 0.25) is 10.0 Å². The highest BCUT2D eigenvalue weighted by Gasteiger charge is 2.37. The van der Waals surface area contributed by atoms with E-state index in [-0.39, 0.29) is 28.5 Å². The van der Waals surface area contributed by atoms with Gasteiger partial charge in [-0.05, 0) is 25.7 Å². The van der Waals surface area contributed by atoms with Gasteiger partial charge in [0.1, 0.15) is 4.90 Å². The predicted octanol–water partition coefficient (Wildman–Crippen LogP) is 0.949. The Labute approximate surface area is 123 Å². The second kappa shape index (κ2) is 5.10. The number of nitrogens with zero attached hydrogens (tertiary/aromatic N) is 2. The fourth-order valence-corrected chi connectivity index (χ4v) is 3.97. The summed E-state index contributed by atoms with van der Waals surface area (Å²) in [5.74, 6) is -0.238. The SMILES string of the molecule is CN(C(=O)c1n[nH]c(C2CC2)c1S(N)(=O)=O)C1CCCC1. The maximum absolute atomic E-state index is 12.6. The average Bonchev–Trinajstić information content (AvgIpc) is 2.94. The van der Waals surface area contributed by atoms with E-state index < -0.39 is 10.0 Å². The minimum absolute atomic E-state index is 0.0613. The van der Waals surface area contributed by atoms with Crippen LogP contribution < -0.4 is 5.14 Å². The van der Waals surface area contributed by atoms with E-state index in [1.807, 2.05) is 0 Å². The van der Waals surface area contributed by atoms with Crippen LogP contribution in [0.25, 0.3) is 0 Å². The van der Waals surface area contributed by atoms with Gasteiger partial charge in [-0.1, -0.05) is 12.8 Å². The normalized spacial score (nSPS) is 19.9. The van der Waals surface area contributed by atoms with Crippen molar-refractivity contribution in [1.82, 2.24) is 15.1 Å². The molecule has 0 atom stereocenters. The molecule has 116 valence electrons. The molecule has 0 aliphatic heterocycles. The lowest BCUT2D eigenvalue weighted by molar-refractivity contribution is 0.0725. The van der Waals surface area contributed by atoms with E-state index in [9.17, 15) is 13.2 Å². The van der Waals surface area contributed by atoms with E-state index in [0.29, 0.717) is 5.69 Å². The van der Waals surface area contributed by atoms with E-state index >= 15 is 0 Å². The van der Waals surface area contributed by atoms with Crippen molar-refractivity contribution in [2.45, 2.75) is 55.4 Å². The lowest BCUT2D eigenvalue weighted by Gasteiger charge is -2.23. The van der Waals surface area contributed by atoms with Crippen molar-refractivity contribution in [1.29, 1.82) is 0 Å². The van der Waals surface area contributed by atoms with Gasteiger partial charge in [-0.3, -0.25) is 9.89 Å². The smallest absolute Gasteiger partial charge is 0.275 e. The first-order valence-electron chi connectivity index (χ1n) is 7.28. The summed E-state index contributed by atoms with van der Waals surface area (Å²) < 4.78 is 23.7. The van der Waals surface area contributed by atoms with Crippen molar-refractivity contribution in [3.05, 3.63) is 11.4 Å². The Morgan fingerprint density at radius 1 is 1.29 bits per heavy atom. The molecule has 1 amide bonds. The number of aromatic amines is 1. The Kier molecular flexibility index (Phi) is 3.53. The first kappa shape index (κ1) is 14.5. The zero-order chi connectivity index (χ0) is 15.2. The molecule has 2 aliphatic carbocycles. The second-order valence-corrected chi connectivity index (χ2v) is 7.49. The van der Waals surface area contributed by atoms with Gasteiger partial charge in [0, 0.05) is 19.0 Å². The molecule has 2 aliphatic rings. The standard InChI is InChI=1S/C13H20N4O3S/c1-17(9-4-2-3-5-9)13(18)11-12(21(14,19)20)10(15-16-11)8-6-7-8/h8-9H,2-7H2,1H3,(H,15,16)(H2,14,19,20). The molecule has 21 heavy (non-hydrogen) atoms. The highest BCUT2D eigenvalue weighted by Crippen LogP contribution is 2.42. The van der Waals surface area contributed by atoms with E-state index in [2.05, 4.69) is 10.2 Å². The van der Waals surface area contributed by atoms with Gasteiger partial charge >= 0.3 is 0 Å². The van der Waals surface area contributed by atoms with Crippen LogP contribution in [-0.2, 0) is 10.0 Å². The van der Waals surface area contributed by atoms with Crippen LogP contribution in [0.3, 0.4) is 0 Å². The molecular formula is C13H20N4O3S. The maximum atomic E-state index is 12.6. The number of H-pyrrole nitrogens is 1. The van der Waals surface area contributed by atoms with Gasteiger partial charge in [-0.2, -0.15) is 5.10 Å². The summed E-state index contributed by atoms with van der Waals surface area (Å²) in [5.41, 5.74) is 0.425. The third-order valence-electron chi connectivity index (χ3n) is 4.41. The molecule has 2 saturated carbocycles. The number of carbonyl (C=O) groups is 1. The van der Waals surface area contributed by atoms with E-state index in [1.54, 1.807) is 11.9 Å². The Hall–Kier alpha value is -1.41. The van der Waals surface area contributed by atoms with E-state index in [1.165, 1.54) is 0 Å². The van der Waals surface area contributed by atoms with Crippen LogP contribution in [0.2, 0.25) is 0 Å². The van der Waals surface area contributed by atoms with Crippen LogP contribution in [0.4, 0.5) is 0 Å². The Morgan fingerprint density at radius 3 is 2.43 bits per heavy atom. The molecule has 7 nitrogen and oxygen atoms in total. The summed E-state index contributed by atoms with van der Waals surface area (Å²) >= 11 is 0. The predicted molar refractivity (Wildman–Crippen MR) is 76.3 cm³/mol. The summed E-state index contributed by atoms with van der Waals surface area (Å²) in [7, 11) is -2.26. The maximum Gasteiger partial charge on any atom is 0.275 e. The minimum Gasteiger partial charge on any atom is -0.337 e. The van der Waals surface area contributed by atoms with Gasteiger partial charge in [0.15, 0.2) is 5.69 Å². The molecule has 2 fully saturated rings. The number of carbonyl (C=O) groups excluding carboxylic acids is 1. The molecule has 3 rings (SSSR count). The van der Waals surface area contributed by atoms with Crippen LogP contribution in [0.5, 0.6) is 0 Å². The number of amides is 1. The minimum atomic E-state index is -3.97. The zero-order valence-corrected chi connectivity index (χ0v) is 12.8. The van der Waals surface area contributed by atoms with Crippen LogP contribution in [0.15, 0.2) is 4.90 Å². The number of sulfonamides is 1. The molecule has 0 bridgehead atoms.